The number of rotatable bonds is 2. The Morgan fingerprint density at radius 1 is 1.17 bits per heavy atom. The molecule has 1 N–H and O–H groups in total. The summed E-state index contributed by atoms with van der Waals surface area (Å²) in [6.45, 7) is 1.75. The van der Waals surface area contributed by atoms with Crippen LogP contribution in [0.25, 0.3) is 5.78 Å². The molecular formula is C15H16F3N5. The van der Waals surface area contributed by atoms with E-state index in [4.69, 9.17) is 0 Å². The quantitative estimate of drug-likeness (QED) is 0.923. The van der Waals surface area contributed by atoms with Crippen LogP contribution in [-0.2, 0) is 6.18 Å². The van der Waals surface area contributed by atoms with Crippen LogP contribution >= 0.6 is 0 Å². The van der Waals surface area contributed by atoms with Gasteiger partial charge in [-0.3, -0.25) is 0 Å². The van der Waals surface area contributed by atoms with Gasteiger partial charge in [0, 0.05) is 17.8 Å². The minimum atomic E-state index is -4.56. The molecule has 0 saturated heterocycles. The van der Waals surface area contributed by atoms with Crippen LogP contribution in [0.2, 0.25) is 0 Å². The third-order valence-electron chi connectivity index (χ3n) is 5.74. The first-order valence-corrected chi connectivity index (χ1v) is 8.00. The Kier molecular flexibility index (Phi) is 2.45. The second-order valence-electron chi connectivity index (χ2n) is 7.09. The Bertz CT molecular complexity index is 782. The van der Waals surface area contributed by atoms with Gasteiger partial charge in [0.15, 0.2) is 0 Å². The van der Waals surface area contributed by atoms with E-state index >= 15 is 0 Å². The van der Waals surface area contributed by atoms with Crippen LogP contribution < -0.4 is 5.32 Å². The summed E-state index contributed by atoms with van der Waals surface area (Å²) in [5.74, 6) is 2.37. The van der Waals surface area contributed by atoms with Crippen LogP contribution in [0.15, 0.2) is 6.07 Å². The molecule has 2 heterocycles. The smallest absolute Gasteiger partial charge is 0.367 e. The molecule has 0 spiro atoms. The maximum Gasteiger partial charge on any atom is 0.453 e. The number of anilines is 1. The first-order valence-electron chi connectivity index (χ1n) is 8.00. The van der Waals surface area contributed by atoms with Crippen LogP contribution in [0.1, 0.15) is 30.8 Å². The molecule has 8 heteroatoms. The van der Waals surface area contributed by atoms with Crippen molar-refractivity contribution in [2.75, 3.05) is 5.32 Å². The van der Waals surface area contributed by atoms with Crippen LogP contribution in [0.3, 0.4) is 0 Å². The van der Waals surface area contributed by atoms with Crippen molar-refractivity contribution in [1.29, 1.82) is 0 Å². The Morgan fingerprint density at radius 2 is 1.87 bits per heavy atom. The van der Waals surface area contributed by atoms with Gasteiger partial charge in [0.2, 0.25) is 0 Å². The lowest BCUT2D eigenvalue weighted by molar-refractivity contribution is -0.144. The molecule has 23 heavy (non-hydrogen) atoms. The molecular weight excluding hydrogens is 307 g/mol. The number of hydrogen-bond donors (Lipinski definition) is 1. The third-order valence-corrected chi connectivity index (χ3v) is 5.74. The summed E-state index contributed by atoms with van der Waals surface area (Å²) in [7, 11) is 0. The number of nitrogens with zero attached hydrogens (tertiary/aromatic N) is 4. The first kappa shape index (κ1) is 13.6. The molecule has 122 valence electrons. The normalized spacial score (nSPS) is 34.9. The zero-order valence-electron chi connectivity index (χ0n) is 12.5. The van der Waals surface area contributed by atoms with Gasteiger partial charge < -0.3 is 5.32 Å². The highest BCUT2D eigenvalue weighted by Crippen LogP contribution is 2.66. The fourth-order valence-electron chi connectivity index (χ4n) is 4.90. The second-order valence-corrected chi connectivity index (χ2v) is 7.09. The molecule has 3 aliphatic rings. The van der Waals surface area contributed by atoms with Crippen molar-refractivity contribution in [3.8, 4) is 0 Å². The van der Waals surface area contributed by atoms with Gasteiger partial charge in [-0.15, -0.1) is 5.10 Å². The van der Waals surface area contributed by atoms with Crippen molar-refractivity contribution in [2.45, 2.75) is 38.4 Å². The molecule has 4 atom stereocenters. The van der Waals surface area contributed by atoms with Gasteiger partial charge in [0.1, 0.15) is 5.82 Å². The zero-order valence-corrected chi connectivity index (χ0v) is 12.5. The van der Waals surface area contributed by atoms with Crippen LogP contribution in [-0.4, -0.2) is 25.6 Å². The van der Waals surface area contributed by atoms with Gasteiger partial charge in [0.25, 0.3) is 11.6 Å². The van der Waals surface area contributed by atoms with Crippen LogP contribution in [0.5, 0.6) is 0 Å². The van der Waals surface area contributed by atoms with E-state index in [-0.39, 0.29) is 5.78 Å². The highest BCUT2D eigenvalue weighted by atomic mass is 19.4. The van der Waals surface area contributed by atoms with Gasteiger partial charge in [-0.2, -0.15) is 22.7 Å². The van der Waals surface area contributed by atoms with Crippen molar-refractivity contribution >= 4 is 11.6 Å². The molecule has 4 unspecified atom stereocenters. The number of aromatic nitrogens is 4. The highest BCUT2D eigenvalue weighted by Gasteiger charge is 2.65. The van der Waals surface area contributed by atoms with E-state index in [1.165, 1.54) is 23.8 Å². The molecule has 0 aromatic carbocycles. The molecule has 0 aliphatic heterocycles. The van der Waals surface area contributed by atoms with E-state index in [0.717, 1.165) is 11.8 Å². The standard InChI is InChI=1S/C15H16F3N5/c1-6-4-9(20-12-10-7-2-3-8(5-7)11(10)12)23-14(19-6)21-13(22-23)15(16,17)18/h4,7-8,10-12,20H,2-3,5H2,1H3. The lowest BCUT2D eigenvalue weighted by Crippen LogP contribution is -2.16. The first-order chi connectivity index (χ1) is 10.9. The summed E-state index contributed by atoms with van der Waals surface area (Å²) in [6, 6.07) is 2.11. The topological polar surface area (TPSA) is 55.1 Å². The summed E-state index contributed by atoms with van der Waals surface area (Å²) in [5.41, 5.74) is 0.634. The van der Waals surface area contributed by atoms with Crippen LogP contribution in [0.4, 0.5) is 19.0 Å². The summed E-state index contributed by atoms with van der Waals surface area (Å²) in [6.07, 6.45) is -0.624. The van der Waals surface area contributed by atoms with E-state index in [1.807, 2.05) is 0 Å². The molecule has 3 aliphatic carbocycles. The van der Waals surface area contributed by atoms with Crippen LogP contribution in [0, 0.1) is 30.6 Å². The average molecular weight is 323 g/mol. The molecule has 2 aromatic heterocycles. The Morgan fingerprint density at radius 3 is 2.52 bits per heavy atom. The molecule has 2 bridgehead atoms. The van der Waals surface area contributed by atoms with Crippen molar-refractivity contribution in [3.63, 3.8) is 0 Å². The number of halogens is 3. The van der Waals surface area contributed by atoms with Gasteiger partial charge in [0.05, 0.1) is 0 Å². The van der Waals surface area contributed by atoms with Gasteiger partial charge in [-0.25, -0.2) is 4.98 Å². The van der Waals surface area contributed by atoms with Gasteiger partial charge in [-0.1, -0.05) is 0 Å². The Hall–Kier alpha value is -1.86. The molecule has 5 rings (SSSR count). The maximum atomic E-state index is 12.8. The van der Waals surface area contributed by atoms with E-state index < -0.39 is 12.0 Å². The summed E-state index contributed by atoms with van der Waals surface area (Å²) >= 11 is 0. The molecule has 0 amide bonds. The SMILES string of the molecule is Cc1cc(NC2C3C4CCC(C4)C23)n2nc(C(F)(F)F)nc2n1. The monoisotopic (exact) mass is 323 g/mol. The summed E-state index contributed by atoms with van der Waals surface area (Å²) in [5, 5.41) is 7.03. The molecule has 0 radical (unpaired) electrons. The predicted octanol–water partition coefficient (Wildman–Crippen LogP) is 2.91. The second kappa shape index (κ2) is 4.15. The van der Waals surface area contributed by atoms with E-state index in [0.29, 0.717) is 29.4 Å². The van der Waals surface area contributed by atoms with E-state index in [2.05, 4.69) is 20.4 Å². The molecule has 3 fully saturated rings. The van der Waals surface area contributed by atoms with Gasteiger partial charge >= 0.3 is 6.18 Å². The zero-order chi connectivity index (χ0) is 15.9. The highest BCUT2D eigenvalue weighted by molar-refractivity contribution is 5.48. The lowest BCUT2D eigenvalue weighted by atomic mass is 10.0. The molecule has 2 aromatic rings. The third kappa shape index (κ3) is 1.89. The maximum absolute atomic E-state index is 12.8. The number of fused-ring (bicyclic) bond motifs is 6. The van der Waals surface area contributed by atoms with Gasteiger partial charge in [-0.05, 0) is 49.9 Å². The molecule has 5 nitrogen and oxygen atoms in total. The van der Waals surface area contributed by atoms with Crippen molar-refractivity contribution < 1.29 is 13.2 Å². The number of alkyl halides is 3. The molecule has 3 saturated carbocycles. The van der Waals surface area contributed by atoms with E-state index in [9.17, 15) is 13.2 Å². The Balaban J connectivity index is 1.50. The minimum absolute atomic E-state index is 0.00592. The number of nitrogens with one attached hydrogen (secondary N) is 1. The lowest BCUT2D eigenvalue weighted by Gasteiger charge is -2.12. The summed E-state index contributed by atoms with van der Waals surface area (Å²) in [4.78, 5) is 7.59. The Labute approximate surface area is 130 Å². The minimum Gasteiger partial charge on any atom is -0.367 e. The fourth-order valence-corrected chi connectivity index (χ4v) is 4.90. The largest absolute Gasteiger partial charge is 0.453 e. The van der Waals surface area contributed by atoms with Crippen molar-refractivity contribution in [2.24, 2.45) is 23.7 Å². The number of aryl methyl sites for hydroxylation is 1. The van der Waals surface area contributed by atoms with Crippen molar-refractivity contribution in [1.82, 2.24) is 19.6 Å². The summed E-state index contributed by atoms with van der Waals surface area (Å²) < 4.78 is 39.7. The van der Waals surface area contributed by atoms with E-state index in [1.54, 1.807) is 13.0 Å². The number of hydrogen-bond acceptors (Lipinski definition) is 4. The van der Waals surface area contributed by atoms with Crippen molar-refractivity contribution in [3.05, 3.63) is 17.6 Å². The average Bonchev–Trinajstić information content (AvgIpc) is 2.87. The fraction of sp³-hybridized carbons (Fsp3) is 0.667. The predicted molar refractivity (Wildman–Crippen MR) is 75.7 cm³/mol.